The molecule has 0 radical (unpaired) electrons. The van der Waals surface area contributed by atoms with E-state index in [1.807, 2.05) is 18.2 Å². The smallest absolute Gasteiger partial charge is 0.224 e. The summed E-state index contributed by atoms with van der Waals surface area (Å²) in [5.74, 6) is 0.0921. The van der Waals surface area contributed by atoms with Crippen LogP contribution in [-0.4, -0.2) is 5.91 Å². The number of rotatable bonds is 7. The van der Waals surface area contributed by atoms with Gasteiger partial charge >= 0.3 is 0 Å². The lowest BCUT2D eigenvalue weighted by Gasteiger charge is -2.07. The molecular weight excluding hydrogens is 358 g/mol. The zero-order valence-corrected chi connectivity index (χ0v) is 13.8. The molecule has 100 valence electrons. The van der Waals surface area contributed by atoms with Gasteiger partial charge in [0.2, 0.25) is 5.91 Å². The highest BCUT2D eigenvalue weighted by Crippen LogP contribution is 2.26. The van der Waals surface area contributed by atoms with Crippen molar-refractivity contribution >= 4 is 43.5 Å². The maximum atomic E-state index is 11.7. The van der Waals surface area contributed by atoms with Crippen LogP contribution in [0.15, 0.2) is 27.1 Å². The highest BCUT2D eigenvalue weighted by molar-refractivity contribution is 9.11. The summed E-state index contributed by atoms with van der Waals surface area (Å²) >= 11 is 6.82. The lowest BCUT2D eigenvalue weighted by atomic mass is 10.1. The SMILES string of the molecule is CCCCCCCC(=O)Nc1ccc(Br)cc1Br. The predicted octanol–water partition coefficient (Wildman–Crippen LogP) is 5.51. The molecule has 0 aromatic heterocycles. The van der Waals surface area contributed by atoms with Crippen LogP contribution >= 0.6 is 31.9 Å². The van der Waals surface area contributed by atoms with E-state index in [4.69, 9.17) is 0 Å². The maximum Gasteiger partial charge on any atom is 0.224 e. The lowest BCUT2D eigenvalue weighted by Crippen LogP contribution is -2.11. The van der Waals surface area contributed by atoms with E-state index >= 15 is 0 Å². The zero-order valence-electron chi connectivity index (χ0n) is 10.6. The fourth-order valence-electron chi connectivity index (χ4n) is 1.69. The summed E-state index contributed by atoms with van der Waals surface area (Å²) in [6.07, 6.45) is 6.44. The minimum atomic E-state index is 0.0921. The molecule has 1 rings (SSSR count). The molecule has 0 unspecified atom stereocenters. The van der Waals surface area contributed by atoms with Crippen molar-refractivity contribution in [3.05, 3.63) is 27.1 Å². The van der Waals surface area contributed by atoms with E-state index in [1.54, 1.807) is 0 Å². The van der Waals surface area contributed by atoms with Gasteiger partial charge in [-0.05, 0) is 40.5 Å². The molecule has 0 heterocycles. The summed E-state index contributed by atoms with van der Waals surface area (Å²) in [6, 6.07) is 5.74. The Morgan fingerprint density at radius 1 is 1.17 bits per heavy atom. The van der Waals surface area contributed by atoms with Crippen molar-refractivity contribution in [1.82, 2.24) is 0 Å². The number of halogens is 2. The summed E-state index contributed by atoms with van der Waals surface area (Å²) in [5, 5.41) is 2.92. The molecule has 0 aliphatic rings. The van der Waals surface area contributed by atoms with Crippen LogP contribution in [0.5, 0.6) is 0 Å². The minimum Gasteiger partial charge on any atom is -0.325 e. The number of unbranched alkanes of at least 4 members (excludes halogenated alkanes) is 4. The number of hydrogen-bond donors (Lipinski definition) is 1. The molecule has 2 nitrogen and oxygen atoms in total. The van der Waals surface area contributed by atoms with Crippen molar-refractivity contribution in [2.24, 2.45) is 0 Å². The Hall–Kier alpha value is -0.350. The van der Waals surface area contributed by atoms with Gasteiger partial charge in [0.05, 0.1) is 5.69 Å². The van der Waals surface area contributed by atoms with Gasteiger partial charge in [-0.2, -0.15) is 0 Å². The first-order valence-corrected chi connectivity index (χ1v) is 7.97. The van der Waals surface area contributed by atoms with E-state index in [2.05, 4.69) is 44.1 Å². The largest absolute Gasteiger partial charge is 0.325 e. The normalized spacial score (nSPS) is 10.4. The summed E-state index contributed by atoms with van der Waals surface area (Å²) in [5.41, 5.74) is 0.830. The third-order valence-corrected chi connectivity index (χ3v) is 3.86. The summed E-state index contributed by atoms with van der Waals surface area (Å²) < 4.78 is 1.89. The number of hydrogen-bond acceptors (Lipinski definition) is 1. The van der Waals surface area contributed by atoms with Crippen LogP contribution in [0, 0.1) is 0 Å². The first-order chi connectivity index (χ1) is 8.63. The van der Waals surface area contributed by atoms with Gasteiger partial charge in [0.1, 0.15) is 0 Å². The molecule has 0 atom stereocenters. The van der Waals surface area contributed by atoms with Crippen molar-refractivity contribution in [3.63, 3.8) is 0 Å². The predicted molar refractivity (Wildman–Crippen MR) is 83.8 cm³/mol. The first-order valence-electron chi connectivity index (χ1n) is 6.38. The number of anilines is 1. The number of nitrogens with one attached hydrogen (secondary N) is 1. The molecule has 0 fully saturated rings. The van der Waals surface area contributed by atoms with Crippen LogP contribution in [0.1, 0.15) is 45.4 Å². The number of carbonyl (C=O) groups excluding carboxylic acids is 1. The van der Waals surface area contributed by atoms with Crippen LogP contribution < -0.4 is 5.32 Å². The van der Waals surface area contributed by atoms with Crippen LogP contribution in [0.25, 0.3) is 0 Å². The van der Waals surface area contributed by atoms with Crippen LogP contribution in [0.2, 0.25) is 0 Å². The highest BCUT2D eigenvalue weighted by Gasteiger charge is 2.05. The molecule has 1 aromatic carbocycles. The second-order valence-corrected chi connectivity index (χ2v) is 6.11. The molecule has 0 saturated carbocycles. The second kappa shape index (κ2) is 8.70. The maximum absolute atomic E-state index is 11.7. The van der Waals surface area contributed by atoms with E-state index in [1.165, 1.54) is 19.3 Å². The van der Waals surface area contributed by atoms with Crippen LogP contribution in [0.4, 0.5) is 5.69 Å². The van der Waals surface area contributed by atoms with Crippen molar-refractivity contribution < 1.29 is 4.79 Å². The molecule has 1 amide bonds. The quantitative estimate of drug-likeness (QED) is 0.624. The number of amides is 1. The lowest BCUT2D eigenvalue weighted by molar-refractivity contribution is -0.116. The third kappa shape index (κ3) is 6.01. The highest BCUT2D eigenvalue weighted by atomic mass is 79.9. The van der Waals surface area contributed by atoms with Crippen molar-refractivity contribution in [3.8, 4) is 0 Å². The Kier molecular flexibility index (Phi) is 7.59. The zero-order chi connectivity index (χ0) is 13.4. The molecule has 0 aliphatic carbocycles. The Morgan fingerprint density at radius 3 is 2.56 bits per heavy atom. The van der Waals surface area contributed by atoms with Crippen molar-refractivity contribution in [2.45, 2.75) is 45.4 Å². The molecule has 18 heavy (non-hydrogen) atoms. The van der Waals surface area contributed by atoms with E-state index in [0.29, 0.717) is 6.42 Å². The van der Waals surface area contributed by atoms with Gasteiger partial charge in [-0.3, -0.25) is 4.79 Å². The Bertz CT molecular complexity index is 393. The van der Waals surface area contributed by atoms with E-state index in [-0.39, 0.29) is 5.91 Å². The summed E-state index contributed by atoms with van der Waals surface area (Å²) in [6.45, 7) is 2.19. The van der Waals surface area contributed by atoms with Gasteiger partial charge in [0.15, 0.2) is 0 Å². The molecule has 1 N–H and O–H groups in total. The van der Waals surface area contributed by atoms with Crippen molar-refractivity contribution in [2.75, 3.05) is 5.32 Å². The van der Waals surface area contributed by atoms with E-state index < -0.39 is 0 Å². The molecular formula is C14H19Br2NO. The van der Waals surface area contributed by atoms with Gasteiger partial charge in [-0.25, -0.2) is 0 Å². The average Bonchev–Trinajstić information content (AvgIpc) is 2.32. The Labute approximate surface area is 126 Å². The Morgan fingerprint density at radius 2 is 1.89 bits per heavy atom. The van der Waals surface area contributed by atoms with E-state index in [9.17, 15) is 4.79 Å². The second-order valence-electron chi connectivity index (χ2n) is 4.34. The van der Waals surface area contributed by atoms with Crippen molar-refractivity contribution in [1.29, 1.82) is 0 Å². The third-order valence-electron chi connectivity index (χ3n) is 2.71. The number of benzene rings is 1. The van der Waals surface area contributed by atoms with Gasteiger partial charge in [-0.1, -0.05) is 48.5 Å². The molecule has 4 heteroatoms. The standard InChI is InChI=1S/C14H19Br2NO/c1-2-3-4-5-6-7-14(18)17-13-9-8-11(15)10-12(13)16/h8-10H,2-7H2,1H3,(H,17,18). The molecule has 1 aromatic rings. The fourth-order valence-corrected chi connectivity index (χ4v) is 2.84. The first kappa shape index (κ1) is 15.7. The van der Waals surface area contributed by atoms with Crippen LogP contribution in [0.3, 0.4) is 0 Å². The summed E-state index contributed by atoms with van der Waals surface area (Å²) in [4.78, 5) is 11.7. The monoisotopic (exact) mass is 375 g/mol. The van der Waals surface area contributed by atoms with E-state index in [0.717, 1.165) is 27.5 Å². The van der Waals surface area contributed by atoms with Gasteiger partial charge < -0.3 is 5.32 Å². The van der Waals surface area contributed by atoms with Gasteiger partial charge in [0, 0.05) is 15.4 Å². The fraction of sp³-hybridized carbons (Fsp3) is 0.500. The van der Waals surface area contributed by atoms with Gasteiger partial charge in [-0.15, -0.1) is 0 Å². The molecule has 0 aliphatic heterocycles. The molecule has 0 bridgehead atoms. The number of carbonyl (C=O) groups is 1. The summed E-state index contributed by atoms with van der Waals surface area (Å²) in [7, 11) is 0. The Balaban J connectivity index is 2.31. The molecule has 0 saturated heterocycles. The topological polar surface area (TPSA) is 29.1 Å². The molecule has 0 spiro atoms. The van der Waals surface area contributed by atoms with Crippen LogP contribution in [-0.2, 0) is 4.79 Å². The van der Waals surface area contributed by atoms with Gasteiger partial charge in [0.25, 0.3) is 0 Å². The minimum absolute atomic E-state index is 0.0921. The average molecular weight is 377 g/mol.